The number of amides is 1. The lowest BCUT2D eigenvalue weighted by Gasteiger charge is -2.13. The normalized spacial score (nSPS) is 12.6. The van der Waals surface area contributed by atoms with Crippen LogP contribution in [-0.2, 0) is 14.6 Å². The van der Waals surface area contributed by atoms with E-state index < -0.39 is 21.0 Å². The van der Waals surface area contributed by atoms with E-state index >= 15 is 0 Å². The van der Waals surface area contributed by atoms with Crippen molar-refractivity contribution in [1.82, 2.24) is 0 Å². The van der Waals surface area contributed by atoms with Gasteiger partial charge in [0.05, 0.1) is 5.69 Å². The summed E-state index contributed by atoms with van der Waals surface area (Å²) in [6.45, 7) is 1.39. The molecule has 22 heavy (non-hydrogen) atoms. The minimum absolute atomic E-state index is 0.524. The summed E-state index contributed by atoms with van der Waals surface area (Å²) >= 11 is 1.51. The summed E-state index contributed by atoms with van der Waals surface area (Å²) in [6.07, 6.45) is 1.06. The Labute approximate surface area is 134 Å². The second kappa shape index (κ2) is 6.98. The lowest BCUT2D eigenvalue weighted by Crippen LogP contribution is -2.31. The molecular weight excluding hydrogens is 318 g/mol. The Balaban J connectivity index is 2.20. The first-order valence-corrected chi connectivity index (χ1v) is 9.46. The molecule has 0 fully saturated rings. The van der Waals surface area contributed by atoms with Crippen LogP contribution in [0.15, 0.2) is 64.4 Å². The van der Waals surface area contributed by atoms with Gasteiger partial charge in [0.15, 0.2) is 9.84 Å². The molecule has 6 heteroatoms. The van der Waals surface area contributed by atoms with Gasteiger partial charge in [0.2, 0.25) is 5.91 Å². The number of nitrogens with one attached hydrogen (secondary N) is 1. The van der Waals surface area contributed by atoms with Crippen LogP contribution in [0.3, 0.4) is 0 Å². The SMILES string of the molecule is C[C@H](C(=O)Nc1ccccc1Sc1ccccc1)S(C)(=O)=O. The van der Waals surface area contributed by atoms with Gasteiger partial charge in [-0.1, -0.05) is 42.1 Å². The van der Waals surface area contributed by atoms with Gasteiger partial charge in [-0.25, -0.2) is 8.42 Å². The fraction of sp³-hybridized carbons (Fsp3) is 0.188. The lowest BCUT2D eigenvalue weighted by atomic mass is 10.3. The van der Waals surface area contributed by atoms with E-state index in [4.69, 9.17) is 0 Å². The molecule has 2 aromatic rings. The Morgan fingerprint density at radius 3 is 2.27 bits per heavy atom. The number of carbonyl (C=O) groups excluding carboxylic acids is 1. The van der Waals surface area contributed by atoms with E-state index in [1.807, 2.05) is 42.5 Å². The molecule has 4 nitrogen and oxygen atoms in total. The molecular formula is C16H17NO3S2. The van der Waals surface area contributed by atoms with Gasteiger partial charge >= 0.3 is 0 Å². The summed E-state index contributed by atoms with van der Waals surface area (Å²) in [7, 11) is -3.41. The van der Waals surface area contributed by atoms with Crippen molar-refractivity contribution in [2.24, 2.45) is 0 Å². The van der Waals surface area contributed by atoms with Crippen LogP contribution < -0.4 is 5.32 Å². The molecule has 116 valence electrons. The average Bonchev–Trinajstić information content (AvgIpc) is 2.48. The fourth-order valence-electron chi connectivity index (χ4n) is 1.70. The van der Waals surface area contributed by atoms with Crippen LogP contribution in [0.5, 0.6) is 0 Å². The maximum atomic E-state index is 12.1. The third-order valence-corrected chi connectivity index (χ3v) is 5.71. The van der Waals surface area contributed by atoms with Gasteiger partial charge < -0.3 is 5.32 Å². The standard InChI is InChI=1S/C16H17NO3S2/c1-12(22(2,19)20)16(18)17-14-10-6-7-11-15(14)21-13-8-4-3-5-9-13/h3-12H,1-2H3,(H,17,18)/t12-/m1/s1. The number of carbonyl (C=O) groups is 1. The summed E-state index contributed by atoms with van der Waals surface area (Å²) in [5.74, 6) is -0.524. The van der Waals surface area contributed by atoms with E-state index in [1.165, 1.54) is 18.7 Å². The van der Waals surface area contributed by atoms with Crippen LogP contribution in [0.4, 0.5) is 5.69 Å². The van der Waals surface area contributed by atoms with E-state index in [0.29, 0.717) is 5.69 Å². The van der Waals surface area contributed by atoms with Gasteiger partial charge in [-0.3, -0.25) is 4.79 Å². The first kappa shape index (κ1) is 16.6. The van der Waals surface area contributed by atoms with Crippen molar-refractivity contribution in [3.8, 4) is 0 Å². The quantitative estimate of drug-likeness (QED) is 0.911. The second-order valence-electron chi connectivity index (χ2n) is 4.87. The molecule has 0 saturated carbocycles. The molecule has 0 unspecified atom stereocenters. The van der Waals surface area contributed by atoms with Crippen molar-refractivity contribution in [3.05, 3.63) is 54.6 Å². The molecule has 0 aliphatic carbocycles. The minimum atomic E-state index is -3.41. The number of sulfone groups is 1. The number of benzene rings is 2. The van der Waals surface area contributed by atoms with Crippen LogP contribution in [0.2, 0.25) is 0 Å². The van der Waals surface area contributed by atoms with Gasteiger partial charge in [-0.2, -0.15) is 0 Å². The molecule has 2 rings (SSSR count). The Kier molecular flexibility index (Phi) is 5.26. The molecule has 2 aromatic carbocycles. The molecule has 0 saturated heterocycles. The highest BCUT2D eigenvalue weighted by molar-refractivity contribution is 7.99. The van der Waals surface area contributed by atoms with Crippen molar-refractivity contribution in [2.75, 3.05) is 11.6 Å². The summed E-state index contributed by atoms with van der Waals surface area (Å²) in [6, 6.07) is 17.1. The maximum Gasteiger partial charge on any atom is 0.242 e. The molecule has 1 N–H and O–H groups in total. The Bertz CT molecular complexity index is 758. The second-order valence-corrected chi connectivity index (χ2v) is 8.35. The highest BCUT2D eigenvalue weighted by Crippen LogP contribution is 2.33. The van der Waals surface area contributed by atoms with Crippen LogP contribution in [0.25, 0.3) is 0 Å². The molecule has 0 heterocycles. The van der Waals surface area contributed by atoms with Gasteiger partial charge in [0.25, 0.3) is 0 Å². The van der Waals surface area contributed by atoms with Gasteiger partial charge in [-0.05, 0) is 31.2 Å². The highest BCUT2D eigenvalue weighted by Gasteiger charge is 2.24. The van der Waals surface area contributed by atoms with Crippen LogP contribution in [0.1, 0.15) is 6.92 Å². The monoisotopic (exact) mass is 335 g/mol. The molecule has 1 amide bonds. The third-order valence-electron chi connectivity index (χ3n) is 3.13. The van der Waals surface area contributed by atoms with Crippen molar-refractivity contribution in [2.45, 2.75) is 22.0 Å². The molecule has 0 aromatic heterocycles. The topological polar surface area (TPSA) is 63.2 Å². The summed E-state index contributed by atoms with van der Waals surface area (Å²) in [4.78, 5) is 14.0. The zero-order chi connectivity index (χ0) is 16.2. The fourth-order valence-corrected chi connectivity index (χ4v) is 3.07. The number of para-hydroxylation sites is 1. The van der Waals surface area contributed by atoms with E-state index in [-0.39, 0.29) is 0 Å². The van der Waals surface area contributed by atoms with Gasteiger partial charge in [0, 0.05) is 16.0 Å². The maximum absolute atomic E-state index is 12.1. The number of anilines is 1. The van der Waals surface area contributed by atoms with Crippen molar-refractivity contribution in [3.63, 3.8) is 0 Å². The minimum Gasteiger partial charge on any atom is -0.324 e. The Morgan fingerprint density at radius 1 is 1.05 bits per heavy atom. The van der Waals surface area contributed by atoms with Crippen LogP contribution in [0, 0.1) is 0 Å². The zero-order valence-electron chi connectivity index (χ0n) is 12.3. The summed E-state index contributed by atoms with van der Waals surface area (Å²) < 4.78 is 22.9. The van der Waals surface area contributed by atoms with Crippen molar-refractivity contribution < 1.29 is 13.2 Å². The predicted molar refractivity (Wildman–Crippen MR) is 89.9 cm³/mol. The van der Waals surface area contributed by atoms with Crippen LogP contribution >= 0.6 is 11.8 Å². The van der Waals surface area contributed by atoms with E-state index in [2.05, 4.69) is 5.32 Å². The number of hydrogen-bond acceptors (Lipinski definition) is 4. The first-order valence-electron chi connectivity index (χ1n) is 6.69. The molecule has 1 atom stereocenters. The Hall–Kier alpha value is -1.79. The van der Waals surface area contributed by atoms with E-state index in [0.717, 1.165) is 16.0 Å². The number of hydrogen-bond donors (Lipinski definition) is 1. The molecule has 0 aliphatic rings. The highest BCUT2D eigenvalue weighted by atomic mass is 32.2. The summed E-state index contributed by atoms with van der Waals surface area (Å²) in [5.41, 5.74) is 0.608. The largest absolute Gasteiger partial charge is 0.324 e. The van der Waals surface area contributed by atoms with Crippen molar-refractivity contribution >= 4 is 33.2 Å². The molecule has 0 aliphatic heterocycles. The van der Waals surface area contributed by atoms with Gasteiger partial charge in [0.1, 0.15) is 5.25 Å². The average molecular weight is 335 g/mol. The predicted octanol–water partition coefficient (Wildman–Crippen LogP) is 3.21. The van der Waals surface area contributed by atoms with Crippen molar-refractivity contribution in [1.29, 1.82) is 0 Å². The zero-order valence-corrected chi connectivity index (χ0v) is 13.9. The van der Waals surface area contributed by atoms with E-state index in [1.54, 1.807) is 12.1 Å². The van der Waals surface area contributed by atoms with Crippen LogP contribution in [-0.4, -0.2) is 25.8 Å². The molecule has 0 bridgehead atoms. The smallest absolute Gasteiger partial charge is 0.242 e. The third kappa shape index (κ3) is 4.35. The lowest BCUT2D eigenvalue weighted by molar-refractivity contribution is -0.115. The molecule has 0 spiro atoms. The van der Waals surface area contributed by atoms with Gasteiger partial charge in [-0.15, -0.1) is 0 Å². The number of rotatable bonds is 5. The summed E-state index contributed by atoms with van der Waals surface area (Å²) in [5, 5.41) is 1.62. The van der Waals surface area contributed by atoms with E-state index in [9.17, 15) is 13.2 Å². The first-order chi connectivity index (χ1) is 10.4. The Morgan fingerprint density at radius 2 is 1.64 bits per heavy atom. The molecule has 0 radical (unpaired) electrons.